The van der Waals surface area contributed by atoms with Gasteiger partial charge in [0.2, 0.25) is 6.10 Å². The fraction of sp³-hybridized carbons (Fsp3) is 0.167. The number of nitrogens with zero attached hydrogens (tertiary/aromatic N) is 1. The summed E-state index contributed by atoms with van der Waals surface area (Å²) in [6.45, 7) is 2.16. The van der Waals surface area contributed by atoms with E-state index in [0.29, 0.717) is 17.9 Å². The average Bonchev–Trinajstić information content (AvgIpc) is 2.80. The maximum atomic E-state index is 12.5. The van der Waals surface area contributed by atoms with Crippen molar-refractivity contribution < 1.29 is 14.3 Å². The van der Waals surface area contributed by atoms with Crippen molar-refractivity contribution in [2.45, 2.75) is 19.4 Å². The molecule has 1 unspecified atom stereocenters. The number of rotatable bonds is 5. The average molecular weight is 386 g/mol. The second-order valence-electron chi connectivity index (χ2n) is 6.70. The van der Waals surface area contributed by atoms with Crippen LogP contribution >= 0.6 is 0 Å². The van der Waals surface area contributed by atoms with E-state index in [9.17, 15) is 4.79 Å². The van der Waals surface area contributed by atoms with Crippen molar-refractivity contribution in [3.05, 3.63) is 84.4 Å². The summed E-state index contributed by atoms with van der Waals surface area (Å²) in [7, 11) is 0. The number of hydrogen-bond acceptors (Lipinski definition) is 4. The zero-order valence-corrected chi connectivity index (χ0v) is 16.2. The Morgan fingerprint density at radius 3 is 2.31 bits per heavy atom. The molecule has 146 valence electrons. The Morgan fingerprint density at radius 2 is 1.59 bits per heavy atom. The molecule has 29 heavy (non-hydrogen) atoms. The standard InChI is InChI=1S/C24H22N2O3/c1-2-20(19-14-12-18(13-15-19)17-8-4-3-5-9-17)25-26-24(27)23-16-28-21-10-6-7-11-22(21)29-23/h3-15,23H,2,16H2,1H3,(H,26,27)/b25-20+. The zero-order chi connectivity index (χ0) is 20.1. The fourth-order valence-corrected chi connectivity index (χ4v) is 3.18. The monoisotopic (exact) mass is 386 g/mol. The van der Waals surface area contributed by atoms with E-state index in [4.69, 9.17) is 9.47 Å². The largest absolute Gasteiger partial charge is 0.485 e. The van der Waals surface area contributed by atoms with E-state index in [1.54, 1.807) is 6.07 Å². The van der Waals surface area contributed by atoms with Gasteiger partial charge in [0.1, 0.15) is 6.61 Å². The molecular weight excluding hydrogens is 364 g/mol. The summed E-state index contributed by atoms with van der Waals surface area (Å²) in [5.41, 5.74) is 6.70. The molecule has 1 heterocycles. The van der Waals surface area contributed by atoms with Crippen LogP contribution in [-0.4, -0.2) is 24.3 Å². The van der Waals surface area contributed by atoms with Gasteiger partial charge < -0.3 is 9.47 Å². The molecule has 0 fully saturated rings. The molecule has 0 aromatic heterocycles. The van der Waals surface area contributed by atoms with Gasteiger partial charge >= 0.3 is 0 Å². The number of carbonyl (C=O) groups is 1. The van der Waals surface area contributed by atoms with Gasteiger partial charge in [-0.1, -0.05) is 73.7 Å². The number of nitrogens with one attached hydrogen (secondary N) is 1. The van der Waals surface area contributed by atoms with Gasteiger partial charge in [-0.3, -0.25) is 4.79 Å². The van der Waals surface area contributed by atoms with Gasteiger partial charge in [0.25, 0.3) is 5.91 Å². The van der Waals surface area contributed by atoms with Gasteiger partial charge in [0.05, 0.1) is 5.71 Å². The van der Waals surface area contributed by atoms with Crippen molar-refractivity contribution in [2.75, 3.05) is 6.61 Å². The molecule has 1 atom stereocenters. The molecule has 5 heteroatoms. The molecule has 1 aliphatic rings. The smallest absolute Gasteiger partial charge is 0.284 e. The summed E-state index contributed by atoms with van der Waals surface area (Å²) >= 11 is 0. The molecule has 0 bridgehead atoms. The second kappa shape index (κ2) is 8.61. The first-order valence-corrected chi connectivity index (χ1v) is 9.65. The van der Waals surface area contributed by atoms with Gasteiger partial charge in [0.15, 0.2) is 11.5 Å². The predicted octanol–water partition coefficient (Wildman–Crippen LogP) is 4.42. The first-order valence-electron chi connectivity index (χ1n) is 9.65. The highest BCUT2D eigenvalue weighted by Gasteiger charge is 2.27. The molecule has 0 radical (unpaired) electrons. The summed E-state index contributed by atoms with van der Waals surface area (Å²) < 4.78 is 11.3. The minimum atomic E-state index is -0.729. The van der Waals surface area contributed by atoms with Crippen LogP contribution in [0.15, 0.2) is 84.0 Å². The maximum absolute atomic E-state index is 12.5. The van der Waals surface area contributed by atoms with Crippen molar-refractivity contribution in [1.29, 1.82) is 0 Å². The fourth-order valence-electron chi connectivity index (χ4n) is 3.18. The van der Waals surface area contributed by atoms with Crippen LogP contribution in [0.25, 0.3) is 11.1 Å². The van der Waals surface area contributed by atoms with Gasteiger partial charge in [-0.05, 0) is 35.2 Å². The Hall–Kier alpha value is -3.60. The quantitative estimate of drug-likeness (QED) is 0.521. The number of para-hydroxylation sites is 2. The van der Waals surface area contributed by atoms with Crippen molar-refractivity contribution in [1.82, 2.24) is 5.43 Å². The number of carbonyl (C=O) groups excluding carboxylic acids is 1. The summed E-state index contributed by atoms with van der Waals surface area (Å²) in [5, 5.41) is 4.33. The van der Waals surface area contributed by atoms with Crippen LogP contribution in [0, 0.1) is 0 Å². The molecule has 0 aliphatic carbocycles. The van der Waals surface area contributed by atoms with Gasteiger partial charge in [0, 0.05) is 0 Å². The van der Waals surface area contributed by atoms with Gasteiger partial charge in [-0.15, -0.1) is 0 Å². The van der Waals surface area contributed by atoms with E-state index in [2.05, 4.69) is 34.8 Å². The van der Waals surface area contributed by atoms with Gasteiger partial charge in [-0.2, -0.15) is 5.10 Å². The number of hydrazone groups is 1. The van der Waals surface area contributed by atoms with E-state index in [0.717, 1.165) is 22.4 Å². The summed E-state index contributed by atoms with van der Waals surface area (Å²) in [6, 6.07) is 25.7. The zero-order valence-electron chi connectivity index (χ0n) is 16.2. The molecule has 5 nitrogen and oxygen atoms in total. The molecule has 4 rings (SSSR count). The van der Waals surface area contributed by atoms with Crippen molar-refractivity contribution in [2.24, 2.45) is 5.10 Å². The SMILES string of the molecule is CC/C(=N\NC(=O)C1COc2ccccc2O1)c1ccc(-c2ccccc2)cc1. The number of fused-ring (bicyclic) bond motifs is 1. The Balaban J connectivity index is 1.43. The molecule has 1 amide bonds. The highest BCUT2D eigenvalue weighted by Crippen LogP contribution is 2.30. The number of ether oxygens (including phenoxy) is 2. The summed E-state index contributed by atoms with van der Waals surface area (Å²) in [5.74, 6) is 0.884. The van der Waals surface area contributed by atoms with Crippen molar-refractivity contribution in [3.8, 4) is 22.6 Å². The van der Waals surface area contributed by atoms with Crippen LogP contribution in [0.5, 0.6) is 11.5 Å². The lowest BCUT2D eigenvalue weighted by Gasteiger charge is -2.24. The normalized spacial score (nSPS) is 15.6. The number of hydrogen-bond donors (Lipinski definition) is 1. The molecule has 0 saturated heterocycles. The van der Waals surface area contributed by atoms with Crippen LogP contribution in [0.1, 0.15) is 18.9 Å². The van der Waals surface area contributed by atoms with E-state index in [1.807, 2.05) is 55.5 Å². The van der Waals surface area contributed by atoms with Gasteiger partial charge in [-0.25, -0.2) is 5.43 Å². The van der Waals surface area contributed by atoms with E-state index < -0.39 is 6.10 Å². The Bertz CT molecular complexity index is 1010. The molecule has 3 aromatic carbocycles. The Labute approximate surface area is 170 Å². The van der Waals surface area contributed by atoms with Crippen molar-refractivity contribution >= 4 is 11.6 Å². The van der Waals surface area contributed by atoms with E-state index in [1.165, 1.54) is 0 Å². The molecule has 1 aliphatic heterocycles. The third-order valence-corrected chi connectivity index (χ3v) is 4.76. The molecular formula is C24H22N2O3. The lowest BCUT2D eigenvalue weighted by atomic mass is 10.0. The maximum Gasteiger partial charge on any atom is 0.284 e. The molecule has 0 saturated carbocycles. The molecule has 0 spiro atoms. The molecule has 3 aromatic rings. The highest BCUT2D eigenvalue weighted by atomic mass is 16.6. The Kier molecular flexibility index (Phi) is 5.56. The number of benzene rings is 3. The summed E-state index contributed by atoms with van der Waals surface area (Å²) in [6.07, 6.45) is -0.0391. The van der Waals surface area contributed by atoms with Crippen LogP contribution in [0.2, 0.25) is 0 Å². The van der Waals surface area contributed by atoms with Crippen molar-refractivity contribution in [3.63, 3.8) is 0 Å². The topological polar surface area (TPSA) is 59.9 Å². The minimum Gasteiger partial charge on any atom is -0.485 e. The van der Waals surface area contributed by atoms with E-state index in [-0.39, 0.29) is 12.5 Å². The first-order chi connectivity index (χ1) is 14.2. The van der Waals surface area contributed by atoms with Crippen LogP contribution in [-0.2, 0) is 4.79 Å². The van der Waals surface area contributed by atoms with Crippen LogP contribution < -0.4 is 14.9 Å². The van der Waals surface area contributed by atoms with Crippen LogP contribution in [0.4, 0.5) is 0 Å². The summed E-state index contributed by atoms with van der Waals surface area (Å²) in [4.78, 5) is 12.5. The predicted molar refractivity (Wildman–Crippen MR) is 113 cm³/mol. The number of amides is 1. The highest BCUT2D eigenvalue weighted by molar-refractivity contribution is 6.01. The molecule has 1 N–H and O–H groups in total. The Morgan fingerprint density at radius 1 is 0.931 bits per heavy atom. The van der Waals surface area contributed by atoms with Crippen LogP contribution in [0.3, 0.4) is 0 Å². The van der Waals surface area contributed by atoms with E-state index >= 15 is 0 Å². The minimum absolute atomic E-state index is 0.158. The lowest BCUT2D eigenvalue weighted by molar-refractivity contribution is -0.130. The third kappa shape index (κ3) is 4.29. The third-order valence-electron chi connectivity index (χ3n) is 4.76. The first kappa shape index (κ1) is 18.7. The second-order valence-corrected chi connectivity index (χ2v) is 6.70. The lowest BCUT2D eigenvalue weighted by Crippen LogP contribution is -2.42.